The molecule has 21 heavy (non-hydrogen) atoms. The fourth-order valence-electron chi connectivity index (χ4n) is 1.54. The first kappa shape index (κ1) is 15.3. The van der Waals surface area contributed by atoms with Crippen LogP contribution in [-0.2, 0) is 4.79 Å². The fourth-order valence-corrected chi connectivity index (χ4v) is 2.68. The van der Waals surface area contributed by atoms with Crippen molar-refractivity contribution in [1.82, 2.24) is 15.0 Å². The van der Waals surface area contributed by atoms with E-state index in [0.717, 1.165) is 11.8 Å². The second kappa shape index (κ2) is 7.06. The van der Waals surface area contributed by atoms with Crippen LogP contribution in [0.1, 0.15) is 5.56 Å². The molecule has 0 radical (unpaired) electrons. The van der Waals surface area contributed by atoms with Crippen molar-refractivity contribution in [3.8, 4) is 17.5 Å². The van der Waals surface area contributed by atoms with Crippen LogP contribution in [0.25, 0.3) is 11.4 Å². The van der Waals surface area contributed by atoms with Crippen molar-refractivity contribution in [2.24, 2.45) is 5.73 Å². The first-order valence-electron chi connectivity index (χ1n) is 5.84. The maximum absolute atomic E-state index is 10.9. The third kappa shape index (κ3) is 3.71. The molecule has 2 rings (SSSR count). The Bertz CT molecular complexity index is 700. The molecule has 0 atom stereocenters. The molecule has 1 amide bonds. The number of pyridine rings is 1. The average Bonchev–Trinajstić information content (AvgIpc) is 2.52. The van der Waals surface area contributed by atoms with Crippen molar-refractivity contribution in [2.45, 2.75) is 10.2 Å². The van der Waals surface area contributed by atoms with Gasteiger partial charge in [-0.05, 0) is 18.4 Å². The SMILES string of the molecule is CSc1nc(SCC(N)=O)c(C#N)c(-c2ccccn2)n1. The quantitative estimate of drug-likeness (QED) is 0.508. The van der Waals surface area contributed by atoms with Gasteiger partial charge < -0.3 is 5.73 Å². The fraction of sp³-hybridized carbons (Fsp3) is 0.154. The summed E-state index contributed by atoms with van der Waals surface area (Å²) in [6.45, 7) is 0. The largest absolute Gasteiger partial charge is 0.369 e. The molecule has 2 N–H and O–H groups in total. The molecule has 0 saturated heterocycles. The molecule has 0 fully saturated rings. The molecule has 0 aliphatic heterocycles. The number of amides is 1. The van der Waals surface area contributed by atoms with E-state index < -0.39 is 5.91 Å². The number of nitrogens with zero attached hydrogens (tertiary/aromatic N) is 4. The van der Waals surface area contributed by atoms with E-state index in [9.17, 15) is 10.1 Å². The van der Waals surface area contributed by atoms with Crippen molar-refractivity contribution in [3.05, 3.63) is 30.0 Å². The smallest absolute Gasteiger partial charge is 0.227 e. The van der Waals surface area contributed by atoms with Crippen LogP contribution in [0.3, 0.4) is 0 Å². The van der Waals surface area contributed by atoms with Gasteiger partial charge in [0.05, 0.1) is 11.4 Å². The third-order valence-corrected chi connectivity index (χ3v) is 3.95. The summed E-state index contributed by atoms with van der Waals surface area (Å²) < 4.78 is 0. The molecule has 106 valence electrons. The van der Waals surface area contributed by atoms with Crippen molar-refractivity contribution in [3.63, 3.8) is 0 Å². The number of hydrogen-bond acceptors (Lipinski definition) is 7. The van der Waals surface area contributed by atoms with E-state index in [0.29, 0.717) is 27.1 Å². The molecular formula is C13H11N5OS2. The van der Waals surface area contributed by atoms with Crippen LogP contribution in [0.4, 0.5) is 0 Å². The predicted octanol–water partition coefficient (Wildman–Crippen LogP) is 1.71. The Kier molecular flexibility index (Phi) is 5.14. The van der Waals surface area contributed by atoms with Gasteiger partial charge in [-0.15, -0.1) is 0 Å². The third-order valence-electron chi connectivity index (χ3n) is 2.41. The summed E-state index contributed by atoms with van der Waals surface area (Å²) >= 11 is 2.49. The van der Waals surface area contributed by atoms with Gasteiger partial charge in [0.25, 0.3) is 0 Å². The van der Waals surface area contributed by atoms with Crippen LogP contribution < -0.4 is 5.73 Å². The predicted molar refractivity (Wildman–Crippen MR) is 81.7 cm³/mol. The van der Waals surface area contributed by atoms with Gasteiger partial charge in [0.1, 0.15) is 22.4 Å². The van der Waals surface area contributed by atoms with Crippen molar-refractivity contribution in [1.29, 1.82) is 5.26 Å². The zero-order valence-electron chi connectivity index (χ0n) is 11.1. The summed E-state index contributed by atoms with van der Waals surface area (Å²) in [5.41, 5.74) is 6.50. The van der Waals surface area contributed by atoms with E-state index in [-0.39, 0.29) is 5.75 Å². The number of hydrogen-bond donors (Lipinski definition) is 1. The standard InChI is InChI=1S/C13H11N5OS2/c1-20-13-17-11(9-4-2-3-5-16-9)8(6-14)12(18-13)21-7-10(15)19/h2-5H,7H2,1H3,(H2,15,19). The molecule has 0 aromatic carbocycles. The Balaban J connectivity index is 2.56. The monoisotopic (exact) mass is 317 g/mol. The van der Waals surface area contributed by atoms with Crippen molar-refractivity contribution < 1.29 is 4.79 Å². The van der Waals surface area contributed by atoms with E-state index in [1.54, 1.807) is 18.3 Å². The lowest BCUT2D eigenvalue weighted by Gasteiger charge is -2.08. The Hall–Kier alpha value is -2.11. The summed E-state index contributed by atoms with van der Waals surface area (Å²) in [7, 11) is 0. The normalized spacial score (nSPS) is 10.1. The maximum Gasteiger partial charge on any atom is 0.227 e. The molecule has 2 heterocycles. The number of primary amides is 1. The lowest BCUT2D eigenvalue weighted by molar-refractivity contribution is -0.115. The van der Waals surface area contributed by atoms with Crippen molar-refractivity contribution >= 4 is 29.4 Å². The van der Waals surface area contributed by atoms with E-state index in [1.807, 2.05) is 12.3 Å². The number of carbonyl (C=O) groups is 1. The van der Waals surface area contributed by atoms with Crippen LogP contribution in [0, 0.1) is 11.3 Å². The zero-order valence-corrected chi connectivity index (χ0v) is 12.7. The minimum Gasteiger partial charge on any atom is -0.369 e. The van der Waals surface area contributed by atoms with Gasteiger partial charge in [-0.25, -0.2) is 9.97 Å². The van der Waals surface area contributed by atoms with Crippen molar-refractivity contribution in [2.75, 3.05) is 12.0 Å². The van der Waals surface area contributed by atoms with Gasteiger partial charge in [-0.2, -0.15) is 5.26 Å². The molecular weight excluding hydrogens is 306 g/mol. The maximum atomic E-state index is 10.9. The highest BCUT2D eigenvalue weighted by Gasteiger charge is 2.17. The summed E-state index contributed by atoms with van der Waals surface area (Å²) in [5.74, 6) is -0.408. The number of thioether (sulfide) groups is 2. The van der Waals surface area contributed by atoms with Crippen LogP contribution >= 0.6 is 23.5 Å². The summed E-state index contributed by atoms with van der Waals surface area (Å²) in [6, 6.07) is 7.47. The zero-order chi connectivity index (χ0) is 15.2. The van der Waals surface area contributed by atoms with Crippen LogP contribution in [0.5, 0.6) is 0 Å². The topological polar surface area (TPSA) is 106 Å². The lowest BCUT2D eigenvalue weighted by Crippen LogP contribution is -2.13. The number of rotatable bonds is 5. The van der Waals surface area contributed by atoms with Gasteiger partial charge in [0.15, 0.2) is 5.16 Å². The summed E-state index contributed by atoms with van der Waals surface area (Å²) in [6.07, 6.45) is 3.47. The number of aromatic nitrogens is 3. The first-order valence-corrected chi connectivity index (χ1v) is 8.05. The second-order valence-corrected chi connectivity index (χ2v) is 5.56. The number of carbonyl (C=O) groups excluding carboxylic acids is 1. The van der Waals surface area contributed by atoms with E-state index in [1.165, 1.54) is 11.8 Å². The van der Waals surface area contributed by atoms with Gasteiger partial charge in [0, 0.05) is 6.20 Å². The molecule has 0 saturated carbocycles. The first-order chi connectivity index (χ1) is 10.2. The van der Waals surface area contributed by atoms with Gasteiger partial charge in [-0.1, -0.05) is 29.6 Å². The van der Waals surface area contributed by atoms with Gasteiger partial charge in [0.2, 0.25) is 5.91 Å². The van der Waals surface area contributed by atoms with Gasteiger partial charge in [-0.3, -0.25) is 9.78 Å². The molecule has 6 nitrogen and oxygen atoms in total. The molecule has 8 heteroatoms. The number of nitriles is 1. The van der Waals surface area contributed by atoms with Gasteiger partial charge >= 0.3 is 0 Å². The van der Waals surface area contributed by atoms with E-state index in [4.69, 9.17) is 5.73 Å². The minimum absolute atomic E-state index is 0.0567. The minimum atomic E-state index is -0.465. The summed E-state index contributed by atoms with van der Waals surface area (Å²) in [4.78, 5) is 23.8. The Morgan fingerprint density at radius 2 is 2.24 bits per heavy atom. The highest BCUT2D eigenvalue weighted by atomic mass is 32.2. The Morgan fingerprint density at radius 3 is 2.81 bits per heavy atom. The molecule has 2 aromatic rings. The molecule has 0 spiro atoms. The van der Waals surface area contributed by atoms with Crippen LogP contribution in [0.2, 0.25) is 0 Å². The average molecular weight is 317 g/mol. The molecule has 0 unspecified atom stereocenters. The molecule has 0 bridgehead atoms. The van der Waals surface area contributed by atoms with E-state index in [2.05, 4.69) is 21.0 Å². The highest BCUT2D eigenvalue weighted by Crippen LogP contribution is 2.29. The molecule has 0 aliphatic rings. The molecule has 2 aromatic heterocycles. The van der Waals surface area contributed by atoms with E-state index >= 15 is 0 Å². The summed E-state index contributed by atoms with van der Waals surface area (Å²) in [5, 5.41) is 10.4. The van der Waals surface area contributed by atoms with Crippen LogP contribution in [0.15, 0.2) is 34.6 Å². The highest BCUT2D eigenvalue weighted by molar-refractivity contribution is 8.00. The Labute approximate surface area is 130 Å². The Morgan fingerprint density at radius 1 is 1.43 bits per heavy atom. The molecule has 0 aliphatic carbocycles. The lowest BCUT2D eigenvalue weighted by atomic mass is 10.2. The number of nitrogens with two attached hydrogens (primary N) is 1. The second-order valence-electron chi connectivity index (χ2n) is 3.82. The van der Waals surface area contributed by atoms with Crippen LogP contribution in [-0.4, -0.2) is 32.9 Å².